The van der Waals surface area contributed by atoms with Crippen LogP contribution >= 0.6 is 0 Å². The molecule has 2 rings (SSSR count). The van der Waals surface area contributed by atoms with E-state index >= 15 is 0 Å². The van der Waals surface area contributed by atoms with Crippen molar-refractivity contribution in [2.75, 3.05) is 24.5 Å². The lowest BCUT2D eigenvalue weighted by Gasteiger charge is -2.37. The average molecular weight is 238 g/mol. The molecule has 0 amide bonds. The first-order chi connectivity index (χ1) is 8.18. The number of aliphatic carboxylic acids is 1. The van der Waals surface area contributed by atoms with Gasteiger partial charge in [-0.25, -0.2) is 4.39 Å². The number of piperazine rings is 1. The Labute approximate surface area is 99.0 Å². The summed E-state index contributed by atoms with van der Waals surface area (Å²) in [6.07, 6.45) is 0.0152. The summed E-state index contributed by atoms with van der Waals surface area (Å²) in [4.78, 5) is 12.6. The second kappa shape index (κ2) is 5.14. The molecule has 1 aliphatic rings. The quantitative estimate of drug-likeness (QED) is 0.827. The number of benzene rings is 1. The van der Waals surface area contributed by atoms with Crippen LogP contribution in [0.15, 0.2) is 24.3 Å². The van der Waals surface area contributed by atoms with E-state index < -0.39 is 5.97 Å². The van der Waals surface area contributed by atoms with Gasteiger partial charge in [0.05, 0.1) is 18.2 Å². The van der Waals surface area contributed by atoms with Crippen LogP contribution in [-0.2, 0) is 4.79 Å². The fourth-order valence-corrected chi connectivity index (χ4v) is 2.15. The predicted molar refractivity (Wildman–Crippen MR) is 62.7 cm³/mol. The maximum absolute atomic E-state index is 13.7. The molecule has 1 fully saturated rings. The number of hydrogen-bond acceptors (Lipinski definition) is 3. The Morgan fingerprint density at radius 1 is 1.53 bits per heavy atom. The molecule has 1 aromatic rings. The second-order valence-corrected chi connectivity index (χ2v) is 4.10. The van der Waals surface area contributed by atoms with Crippen LogP contribution in [-0.4, -0.2) is 36.8 Å². The maximum atomic E-state index is 13.7. The largest absolute Gasteiger partial charge is 0.481 e. The Kier molecular flexibility index (Phi) is 3.58. The van der Waals surface area contributed by atoms with Crippen molar-refractivity contribution in [3.8, 4) is 0 Å². The van der Waals surface area contributed by atoms with Gasteiger partial charge in [0, 0.05) is 19.6 Å². The number of hydrogen-bond donors (Lipinski definition) is 2. The van der Waals surface area contributed by atoms with Gasteiger partial charge in [-0.1, -0.05) is 12.1 Å². The molecule has 0 bridgehead atoms. The van der Waals surface area contributed by atoms with Crippen molar-refractivity contribution in [3.63, 3.8) is 0 Å². The molecule has 5 heteroatoms. The van der Waals surface area contributed by atoms with Crippen LogP contribution in [0, 0.1) is 5.82 Å². The average Bonchev–Trinajstić information content (AvgIpc) is 2.30. The summed E-state index contributed by atoms with van der Waals surface area (Å²) < 4.78 is 13.7. The molecule has 1 aliphatic heterocycles. The van der Waals surface area contributed by atoms with Crippen LogP contribution in [0.2, 0.25) is 0 Å². The first-order valence-electron chi connectivity index (χ1n) is 5.62. The standard InChI is InChI=1S/C12H15FN2O2/c13-10-3-1-2-4-11(10)15-6-5-14-8-9(15)7-12(16)17/h1-4,9,14H,5-8H2,(H,16,17). The summed E-state index contributed by atoms with van der Waals surface area (Å²) in [5.41, 5.74) is 0.486. The van der Waals surface area contributed by atoms with E-state index in [9.17, 15) is 9.18 Å². The highest BCUT2D eigenvalue weighted by Crippen LogP contribution is 2.23. The van der Waals surface area contributed by atoms with Crippen LogP contribution < -0.4 is 10.2 Å². The molecular weight excluding hydrogens is 223 g/mol. The molecule has 17 heavy (non-hydrogen) atoms. The summed E-state index contributed by atoms with van der Waals surface area (Å²) in [5, 5.41) is 12.0. The number of carboxylic acid groups (broad SMARTS) is 1. The lowest BCUT2D eigenvalue weighted by Crippen LogP contribution is -2.52. The normalized spacial score (nSPS) is 20.3. The number of nitrogens with one attached hydrogen (secondary N) is 1. The van der Waals surface area contributed by atoms with Gasteiger partial charge in [-0.05, 0) is 12.1 Å². The first kappa shape index (κ1) is 11.9. The Balaban J connectivity index is 2.21. The Bertz CT molecular complexity index is 411. The zero-order valence-electron chi connectivity index (χ0n) is 9.40. The van der Waals surface area contributed by atoms with Crippen LogP contribution in [0.5, 0.6) is 0 Å². The van der Waals surface area contributed by atoms with E-state index in [2.05, 4.69) is 5.32 Å². The van der Waals surface area contributed by atoms with Crippen molar-refractivity contribution in [1.82, 2.24) is 5.32 Å². The smallest absolute Gasteiger partial charge is 0.305 e. The van der Waals surface area contributed by atoms with Gasteiger partial charge in [-0.15, -0.1) is 0 Å². The minimum atomic E-state index is -0.861. The molecule has 0 spiro atoms. The van der Waals surface area contributed by atoms with E-state index in [4.69, 9.17) is 5.11 Å². The third-order valence-electron chi connectivity index (χ3n) is 2.92. The summed E-state index contributed by atoms with van der Waals surface area (Å²) >= 11 is 0. The van der Waals surface area contributed by atoms with Gasteiger partial charge in [-0.2, -0.15) is 0 Å². The lowest BCUT2D eigenvalue weighted by atomic mass is 10.1. The number of nitrogens with zero attached hydrogens (tertiary/aromatic N) is 1. The highest BCUT2D eigenvalue weighted by atomic mass is 19.1. The van der Waals surface area contributed by atoms with E-state index in [0.717, 1.165) is 6.54 Å². The van der Waals surface area contributed by atoms with E-state index in [1.165, 1.54) is 6.07 Å². The number of halogens is 1. The molecule has 92 valence electrons. The van der Waals surface area contributed by atoms with E-state index in [-0.39, 0.29) is 18.3 Å². The van der Waals surface area contributed by atoms with Gasteiger partial charge in [0.15, 0.2) is 0 Å². The van der Waals surface area contributed by atoms with Crippen molar-refractivity contribution < 1.29 is 14.3 Å². The van der Waals surface area contributed by atoms with Crippen molar-refractivity contribution in [1.29, 1.82) is 0 Å². The molecule has 1 atom stereocenters. The fourth-order valence-electron chi connectivity index (χ4n) is 2.15. The third-order valence-corrected chi connectivity index (χ3v) is 2.92. The molecule has 1 heterocycles. The van der Waals surface area contributed by atoms with Crippen LogP contribution in [0.4, 0.5) is 10.1 Å². The van der Waals surface area contributed by atoms with E-state index in [1.807, 2.05) is 4.90 Å². The van der Waals surface area contributed by atoms with Crippen LogP contribution in [0.1, 0.15) is 6.42 Å². The minimum Gasteiger partial charge on any atom is -0.481 e. The van der Waals surface area contributed by atoms with Gasteiger partial charge in [0.1, 0.15) is 5.82 Å². The van der Waals surface area contributed by atoms with Crippen molar-refractivity contribution in [2.24, 2.45) is 0 Å². The van der Waals surface area contributed by atoms with Gasteiger partial charge < -0.3 is 15.3 Å². The zero-order chi connectivity index (χ0) is 12.3. The molecule has 4 nitrogen and oxygen atoms in total. The van der Waals surface area contributed by atoms with Gasteiger partial charge in [0.25, 0.3) is 0 Å². The summed E-state index contributed by atoms with van der Waals surface area (Å²) in [6, 6.07) is 6.29. The Morgan fingerprint density at radius 3 is 3.00 bits per heavy atom. The SMILES string of the molecule is O=C(O)CC1CNCCN1c1ccccc1F. The number of carbonyl (C=O) groups is 1. The topological polar surface area (TPSA) is 52.6 Å². The number of para-hydroxylation sites is 1. The van der Waals surface area contributed by atoms with Crippen LogP contribution in [0.3, 0.4) is 0 Å². The highest BCUT2D eigenvalue weighted by molar-refractivity contribution is 5.68. The van der Waals surface area contributed by atoms with E-state index in [0.29, 0.717) is 18.8 Å². The number of carboxylic acids is 1. The zero-order valence-corrected chi connectivity index (χ0v) is 9.40. The van der Waals surface area contributed by atoms with Crippen molar-refractivity contribution in [2.45, 2.75) is 12.5 Å². The maximum Gasteiger partial charge on any atom is 0.305 e. The van der Waals surface area contributed by atoms with Gasteiger partial charge in [0.2, 0.25) is 0 Å². The first-order valence-corrected chi connectivity index (χ1v) is 5.62. The monoisotopic (exact) mass is 238 g/mol. The molecule has 1 aromatic carbocycles. The molecule has 2 N–H and O–H groups in total. The van der Waals surface area contributed by atoms with Gasteiger partial charge >= 0.3 is 5.97 Å². The molecule has 1 unspecified atom stereocenters. The molecule has 0 saturated carbocycles. The lowest BCUT2D eigenvalue weighted by molar-refractivity contribution is -0.137. The number of anilines is 1. The molecular formula is C12H15FN2O2. The third kappa shape index (κ3) is 2.74. The van der Waals surface area contributed by atoms with Crippen molar-refractivity contribution >= 4 is 11.7 Å². The Hall–Kier alpha value is -1.62. The molecule has 0 radical (unpaired) electrons. The van der Waals surface area contributed by atoms with E-state index in [1.54, 1.807) is 18.2 Å². The fraction of sp³-hybridized carbons (Fsp3) is 0.417. The summed E-state index contributed by atoms with van der Waals surface area (Å²) in [7, 11) is 0. The molecule has 1 saturated heterocycles. The Morgan fingerprint density at radius 2 is 2.29 bits per heavy atom. The summed E-state index contributed by atoms with van der Waals surface area (Å²) in [6.45, 7) is 1.93. The minimum absolute atomic E-state index is 0.0152. The number of rotatable bonds is 3. The highest BCUT2D eigenvalue weighted by Gasteiger charge is 2.26. The summed E-state index contributed by atoms with van der Waals surface area (Å²) in [5.74, 6) is -1.16. The molecule has 0 aromatic heterocycles. The second-order valence-electron chi connectivity index (χ2n) is 4.10. The predicted octanol–water partition coefficient (Wildman–Crippen LogP) is 1.08. The molecule has 0 aliphatic carbocycles. The van der Waals surface area contributed by atoms with Gasteiger partial charge in [-0.3, -0.25) is 4.79 Å². The van der Waals surface area contributed by atoms with Crippen molar-refractivity contribution in [3.05, 3.63) is 30.1 Å². The van der Waals surface area contributed by atoms with Crippen LogP contribution in [0.25, 0.3) is 0 Å².